The maximum Gasteiger partial charge on any atom is 0.247 e. The fourth-order valence-electron chi connectivity index (χ4n) is 0.642. The molecule has 20 heavy (non-hydrogen) atoms. The molecule has 0 spiro atoms. The standard InChI is InChI=1S/2C4H10O3.C3H6O2.CH4/c1-7-3-4(6)2-5;1-7-4(2-5)3-6;4-1-3-2-5-3;/h2*4-6H,2-3H2,1H3;3-4H,1-2H2;1H4/p+1. The Balaban J connectivity index is -0.000000214. The van der Waals surface area contributed by atoms with Crippen molar-refractivity contribution in [3.05, 3.63) is 0 Å². The van der Waals surface area contributed by atoms with Crippen molar-refractivity contribution in [2.24, 2.45) is 0 Å². The third-order valence-electron chi connectivity index (χ3n) is 1.96. The Morgan fingerprint density at radius 2 is 1.60 bits per heavy atom. The van der Waals surface area contributed by atoms with Crippen LogP contribution in [-0.2, 0) is 9.47 Å². The van der Waals surface area contributed by atoms with Crippen molar-refractivity contribution in [1.29, 1.82) is 0 Å². The van der Waals surface area contributed by atoms with Crippen molar-refractivity contribution in [1.82, 2.24) is 0 Å². The van der Waals surface area contributed by atoms with E-state index in [9.17, 15) is 0 Å². The molecule has 0 aromatic carbocycles. The Kier molecular flexibility index (Phi) is 23.1. The van der Waals surface area contributed by atoms with Gasteiger partial charge >= 0.3 is 0 Å². The van der Waals surface area contributed by atoms with Crippen LogP contribution in [0.15, 0.2) is 0 Å². The van der Waals surface area contributed by atoms with Gasteiger partial charge in [-0.3, -0.25) is 0 Å². The van der Waals surface area contributed by atoms with Crippen molar-refractivity contribution in [3.63, 3.8) is 0 Å². The highest BCUT2D eigenvalue weighted by atomic mass is 16.6. The van der Waals surface area contributed by atoms with Gasteiger partial charge in [-0.05, 0) is 0 Å². The van der Waals surface area contributed by atoms with Crippen LogP contribution in [0.25, 0.3) is 0 Å². The predicted molar refractivity (Wildman–Crippen MR) is 74.6 cm³/mol. The van der Waals surface area contributed by atoms with E-state index in [-0.39, 0.29) is 40.5 Å². The Morgan fingerprint density at radius 3 is 1.65 bits per heavy atom. The van der Waals surface area contributed by atoms with E-state index in [0.717, 1.165) is 6.61 Å². The summed E-state index contributed by atoms with van der Waals surface area (Å²) in [5.74, 6) is 0. The SMILES string of the molecule is C.COC(CO)CO.COCC(O)CO.OCC1C[OH+]1. The molecule has 1 aliphatic rings. The smallest absolute Gasteiger partial charge is 0.247 e. The van der Waals surface area contributed by atoms with E-state index in [1.165, 1.54) is 14.2 Å². The third-order valence-corrected chi connectivity index (χ3v) is 1.96. The summed E-state index contributed by atoms with van der Waals surface area (Å²) in [6, 6.07) is 0. The zero-order valence-corrected chi connectivity index (χ0v) is 11.5. The molecule has 0 amide bonds. The number of ether oxygens (including phenoxy) is 3. The van der Waals surface area contributed by atoms with Gasteiger partial charge in [-0.25, -0.2) is 0 Å². The molecule has 1 fully saturated rings. The molecule has 0 bridgehead atoms. The van der Waals surface area contributed by atoms with Gasteiger partial charge in [-0.15, -0.1) is 0 Å². The number of methoxy groups -OCH3 is 2. The molecule has 8 heteroatoms. The maximum absolute atomic E-state index is 8.48. The van der Waals surface area contributed by atoms with E-state index in [4.69, 9.17) is 25.5 Å². The summed E-state index contributed by atoms with van der Waals surface area (Å²) in [6.07, 6.45) is -0.806. The average molecular weight is 303 g/mol. The zero-order valence-electron chi connectivity index (χ0n) is 11.5. The molecule has 2 unspecified atom stereocenters. The minimum atomic E-state index is -0.718. The second-order valence-electron chi connectivity index (χ2n) is 3.72. The fraction of sp³-hybridized carbons (Fsp3) is 1.00. The van der Waals surface area contributed by atoms with E-state index >= 15 is 0 Å². The summed E-state index contributed by atoms with van der Waals surface area (Å²) >= 11 is 0. The summed E-state index contributed by atoms with van der Waals surface area (Å²) in [5, 5.41) is 41.2. The molecule has 1 rings (SSSR count). The van der Waals surface area contributed by atoms with Gasteiger partial charge < -0.3 is 39.7 Å². The molecule has 0 saturated carbocycles. The van der Waals surface area contributed by atoms with Gasteiger partial charge in [0.05, 0.1) is 26.4 Å². The molecule has 8 nitrogen and oxygen atoms in total. The summed E-state index contributed by atoms with van der Waals surface area (Å²) < 4.78 is 12.8. The van der Waals surface area contributed by atoms with E-state index in [0.29, 0.717) is 6.10 Å². The van der Waals surface area contributed by atoms with Crippen LogP contribution in [0.2, 0.25) is 0 Å². The lowest BCUT2D eigenvalue weighted by atomic mass is 10.4. The van der Waals surface area contributed by atoms with Crippen LogP contribution < -0.4 is 0 Å². The van der Waals surface area contributed by atoms with Crippen molar-refractivity contribution in [2.75, 3.05) is 53.9 Å². The topological polar surface area (TPSA) is 132 Å². The molecule has 1 saturated heterocycles. The quantitative estimate of drug-likeness (QED) is 0.259. The second-order valence-corrected chi connectivity index (χ2v) is 3.72. The van der Waals surface area contributed by atoms with E-state index < -0.39 is 12.2 Å². The second kappa shape index (κ2) is 18.7. The zero-order chi connectivity index (χ0) is 15.1. The Labute approximate surface area is 120 Å². The minimum absolute atomic E-state index is 0. The molecule has 0 aromatic heterocycles. The van der Waals surface area contributed by atoms with Crippen LogP contribution in [-0.4, -0.2) is 102 Å². The van der Waals surface area contributed by atoms with Gasteiger partial charge in [-0.2, -0.15) is 0 Å². The molecular weight excluding hydrogens is 272 g/mol. The van der Waals surface area contributed by atoms with Crippen LogP contribution in [0, 0.1) is 0 Å². The van der Waals surface area contributed by atoms with Crippen LogP contribution in [0.5, 0.6) is 0 Å². The maximum atomic E-state index is 8.48. The number of hydrogen-bond donors (Lipinski definition) is 5. The van der Waals surface area contributed by atoms with Gasteiger partial charge in [-0.1, -0.05) is 7.43 Å². The molecule has 0 radical (unpaired) electrons. The molecule has 126 valence electrons. The fourth-order valence-corrected chi connectivity index (χ4v) is 0.642. The predicted octanol–water partition coefficient (Wildman–Crippen LogP) is -2.50. The first-order valence-electron chi connectivity index (χ1n) is 5.89. The van der Waals surface area contributed by atoms with Crippen molar-refractivity contribution in [2.45, 2.75) is 25.7 Å². The summed E-state index contributed by atoms with van der Waals surface area (Å²) in [7, 11) is 2.91. The molecule has 2 atom stereocenters. The summed E-state index contributed by atoms with van der Waals surface area (Å²) in [5.41, 5.74) is 0. The largest absolute Gasteiger partial charge is 0.418 e. The number of epoxide rings is 1. The highest BCUT2D eigenvalue weighted by molar-refractivity contribution is 4.62. The van der Waals surface area contributed by atoms with E-state index in [1.54, 1.807) is 0 Å². The monoisotopic (exact) mass is 303 g/mol. The minimum Gasteiger partial charge on any atom is -0.418 e. The van der Waals surface area contributed by atoms with Gasteiger partial charge in [0.25, 0.3) is 0 Å². The molecule has 0 aromatic rings. The van der Waals surface area contributed by atoms with Gasteiger partial charge in [0.1, 0.15) is 18.8 Å². The van der Waals surface area contributed by atoms with Gasteiger partial charge in [0.15, 0.2) is 0 Å². The molecule has 6 N–H and O–H groups in total. The van der Waals surface area contributed by atoms with Gasteiger partial charge in [0, 0.05) is 14.2 Å². The van der Waals surface area contributed by atoms with Crippen LogP contribution in [0.3, 0.4) is 0 Å². The first-order valence-corrected chi connectivity index (χ1v) is 5.89. The van der Waals surface area contributed by atoms with Crippen molar-refractivity contribution >= 4 is 0 Å². The van der Waals surface area contributed by atoms with E-state index in [1.807, 2.05) is 0 Å². The van der Waals surface area contributed by atoms with Crippen molar-refractivity contribution < 1.29 is 39.7 Å². The molecule has 1 aliphatic heterocycles. The lowest BCUT2D eigenvalue weighted by molar-refractivity contribution is 0.00933. The lowest BCUT2D eigenvalue weighted by Crippen LogP contribution is -2.19. The van der Waals surface area contributed by atoms with Crippen LogP contribution in [0.1, 0.15) is 7.43 Å². The normalized spacial score (nSPS) is 17.1. The summed E-state index contributed by atoms with van der Waals surface area (Å²) in [4.78, 5) is 0. The number of rotatable bonds is 7. The number of aliphatic hydroxyl groups is 7. The summed E-state index contributed by atoms with van der Waals surface area (Å²) in [6.45, 7) is 0.876. The lowest BCUT2D eigenvalue weighted by Gasteiger charge is -2.05. The first kappa shape index (κ1) is 24.7. The average Bonchev–Trinajstić information content (AvgIpc) is 3.26. The number of hydrogen-bond acceptors (Lipinski definition) is 7. The van der Waals surface area contributed by atoms with Crippen LogP contribution >= 0.6 is 0 Å². The molecular formula is C12H31O8+. The van der Waals surface area contributed by atoms with Gasteiger partial charge in [0.2, 0.25) is 12.7 Å². The van der Waals surface area contributed by atoms with Crippen LogP contribution in [0.4, 0.5) is 0 Å². The third kappa shape index (κ3) is 20.0. The molecule has 0 aliphatic carbocycles. The Hall–Kier alpha value is -0.320. The molecule has 1 heterocycles. The van der Waals surface area contributed by atoms with E-state index in [2.05, 4.69) is 14.2 Å². The highest BCUT2D eigenvalue weighted by Gasteiger charge is 2.29. The number of aliphatic hydroxyl groups excluding tert-OH is 5. The first-order chi connectivity index (χ1) is 9.09. The Morgan fingerprint density at radius 1 is 1.10 bits per heavy atom. The highest BCUT2D eigenvalue weighted by Crippen LogP contribution is 1.99. The Bertz CT molecular complexity index is 156. The van der Waals surface area contributed by atoms with Crippen molar-refractivity contribution in [3.8, 4) is 0 Å².